The molecule has 5 heteroatoms. The van der Waals surface area contributed by atoms with Crippen molar-refractivity contribution >= 4 is 46.7 Å². The summed E-state index contributed by atoms with van der Waals surface area (Å²) in [6, 6.07) is 9.47. The first-order valence-corrected chi connectivity index (χ1v) is 6.77. The Kier molecular flexibility index (Phi) is 4.71. The van der Waals surface area contributed by atoms with Crippen LogP contribution in [0.5, 0.6) is 5.75 Å². The minimum Gasteiger partial charge on any atom is -0.506 e. The van der Waals surface area contributed by atoms with Crippen LogP contribution in [0, 0.1) is 0 Å². The average Bonchev–Trinajstić information content (AvgIpc) is 2.41. The quantitative estimate of drug-likeness (QED) is 0.617. The standard InChI is InChI=1S/C15H9Cl3O2/c16-11-4-1-9(2-5-11)14(19)6-3-10-7-12(17)8-13(18)15(10)20/h1-8,20H/b6-3+. The molecule has 0 bridgehead atoms. The molecule has 2 aromatic carbocycles. The van der Waals surface area contributed by atoms with Gasteiger partial charge in [0.25, 0.3) is 0 Å². The van der Waals surface area contributed by atoms with Crippen LogP contribution in [0.4, 0.5) is 0 Å². The summed E-state index contributed by atoms with van der Waals surface area (Å²) in [5, 5.41) is 10.8. The van der Waals surface area contributed by atoms with Gasteiger partial charge in [-0.3, -0.25) is 4.79 Å². The van der Waals surface area contributed by atoms with Crippen molar-refractivity contribution in [3.63, 3.8) is 0 Å². The Morgan fingerprint density at radius 2 is 1.65 bits per heavy atom. The van der Waals surface area contributed by atoms with Crippen molar-refractivity contribution in [3.05, 3.63) is 68.7 Å². The van der Waals surface area contributed by atoms with Crippen LogP contribution in [-0.2, 0) is 0 Å². The van der Waals surface area contributed by atoms with E-state index < -0.39 is 0 Å². The lowest BCUT2D eigenvalue weighted by Crippen LogP contribution is -1.93. The molecule has 1 N–H and O–H groups in total. The van der Waals surface area contributed by atoms with Crippen molar-refractivity contribution in [1.82, 2.24) is 0 Å². The Hall–Kier alpha value is -1.48. The molecule has 2 rings (SSSR count). The summed E-state index contributed by atoms with van der Waals surface area (Å²) in [6.45, 7) is 0. The van der Waals surface area contributed by atoms with Gasteiger partial charge in [0, 0.05) is 21.2 Å². The zero-order valence-electron chi connectivity index (χ0n) is 10.1. The first kappa shape index (κ1) is 14.9. The first-order valence-electron chi connectivity index (χ1n) is 5.63. The summed E-state index contributed by atoms with van der Waals surface area (Å²) < 4.78 is 0. The topological polar surface area (TPSA) is 37.3 Å². The second-order valence-corrected chi connectivity index (χ2v) is 5.31. The van der Waals surface area contributed by atoms with Gasteiger partial charge in [-0.25, -0.2) is 0 Å². The Bertz CT molecular complexity index is 676. The highest BCUT2D eigenvalue weighted by Crippen LogP contribution is 2.32. The monoisotopic (exact) mass is 326 g/mol. The van der Waals surface area contributed by atoms with Gasteiger partial charge in [0.05, 0.1) is 5.02 Å². The number of benzene rings is 2. The average molecular weight is 328 g/mol. The number of phenolic OH excluding ortho intramolecular Hbond substituents is 1. The number of carbonyl (C=O) groups is 1. The molecule has 0 aliphatic rings. The maximum Gasteiger partial charge on any atom is 0.185 e. The molecule has 2 nitrogen and oxygen atoms in total. The van der Waals surface area contributed by atoms with E-state index in [-0.39, 0.29) is 16.6 Å². The molecule has 0 aromatic heterocycles. The number of hydrogen-bond acceptors (Lipinski definition) is 2. The SMILES string of the molecule is O=C(/C=C/c1cc(Cl)cc(Cl)c1O)c1ccc(Cl)cc1. The number of rotatable bonds is 3. The summed E-state index contributed by atoms with van der Waals surface area (Å²) in [6.07, 6.45) is 2.80. The highest BCUT2D eigenvalue weighted by atomic mass is 35.5. The fourth-order valence-electron chi connectivity index (χ4n) is 1.59. The normalized spacial score (nSPS) is 10.9. The number of allylic oxidation sites excluding steroid dienone is 1. The van der Waals surface area contributed by atoms with Crippen molar-refractivity contribution in [2.45, 2.75) is 0 Å². The molecule has 0 heterocycles. The second-order valence-electron chi connectivity index (χ2n) is 4.03. The Labute approximate surface area is 131 Å². The molecule has 2 aromatic rings. The van der Waals surface area contributed by atoms with E-state index in [1.54, 1.807) is 24.3 Å². The van der Waals surface area contributed by atoms with Crippen molar-refractivity contribution < 1.29 is 9.90 Å². The molecule has 0 amide bonds. The van der Waals surface area contributed by atoms with E-state index in [0.717, 1.165) is 0 Å². The first-order chi connectivity index (χ1) is 9.47. The van der Waals surface area contributed by atoms with Gasteiger partial charge in [0.1, 0.15) is 5.75 Å². The summed E-state index contributed by atoms with van der Waals surface area (Å²) in [4.78, 5) is 11.9. The van der Waals surface area contributed by atoms with Crippen molar-refractivity contribution in [3.8, 4) is 5.75 Å². The molecule has 0 aliphatic carbocycles. The molecule has 0 saturated carbocycles. The molecule has 102 valence electrons. The van der Waals surface area contributed by atoms with E-state index in [1.807, 2.05) is 0 Å². The highest BCUT2D eigenvalue weighted by molar-refractivity contribution is 6.36. The number of hydrogen-bond donors (Lipinski definition) is 1. The van der Waals surface area contributed by atoms with E-state index in [4.69, 9.17) is 34.8 Å². The van der Waals surface area contributed by atoms with Gasteiger partial charge < -0.3 is 5.11 Å². The summed E-state index contributed by atoms with van der Waals surface area (Å²) >= 11 is 17.4. The van der Waals surface area contributed by atoms with Crippen LogP contribution in [0.3, 0.4) is 0 Å². The predicted molar refractivity (Wildman–Crippen MR) is 82.9 cm³/mol. The highest BCUT2D eigenvalue weighted by Gasteiger charge is 2.06. The van der Waals surface area contributed by atoms with Crippen LogP contribution >= 0.6 is 34.8 Å². The molecule has 20 heavy (non-hydrogen) atoms. The van der Waals surface area contributed by atoms with Crippen LogP contribution in [0.2, 0.25) is 15.1 Å². The molecule has 0 fully saturated rings. The largest absolute Gasteiger partial charge is 0.506 e. The molecule has 0 aliphatic heterocycles. The van der Waals surface area contributed by atoms with Crippen molar-refractivity contribution in [2.75, 3.05) is 0 Å². The lowest BCUT2D eigenvalue weighted by Gasteiger charge is -2.02. The van der Waals surface area contributed by atoms with E-state index in [1.165, 1.54) is 24.3 Å². The third kappa shape index (κ3) is 3.54. The molecule has 0 unspecified atom stereocenters. The number of halogens is 3. The Balaban J connectivity index is 2.25. The predicted octanol–water partition coefficient (Wildman–Crippen LogP) is 5.25. The number of ketones is 1. The summed E-state index contributed by atoms with van der Waals surface area (Å²) in [5.41, 5.74) is 0.878. The smallest absolute Gasteiger partial charge is 0.185 e. The van der Waals surface area contributed by atoms with Crippen molar-refractivity contribution in [1.29, 1.82) is 0 Å². The van der Waals surface area contributed by atoms with Crippen LogP contribution < -0.4 is 0 Å². The summed E-state index contributed by atoms with van der Waals surface area (Å²) in [5.74, 6) is -0.326. The van der Waals surface area contributed by atoms with Gasteiger partial charge >= 0.3 is 0 Å². The van der Waals surface area contributed by atoms with Gasteiger partial charge in [-0.05, 0) is 48.6 Å². The lowest BCUT2D eigenvalue weighted by molar-refractivity contribution is 0.104. The van der Waals surface area contributed by atoms with Crippen LogP contribution in [0.1, 0.15) is 15.9 Å². The van der Waals surface area contributed by atoms with E-state index in [0.29, 0.717) is 21.2 Å². The molecular weight excluding hydrogens is 319 g/mol. The lowest BCUT2D eigenvalue weighted by atomic mass is 10.1. The molecule has 0 radical (unpaired) electrons. The number of phenols is 1. The minimum absolute atomic E-state index is 0.115. The van der Waals surface area contributed by atoms with Crippen molar-refractivity contribution in [2.24, 2.45) is 0 Å². The molecular formula is C15H9Cl3O2. The zero-order chi connectivity index (χ0) is 14.7. The van der Waals surface area contributed by atoms with Gasteiger partial charge in [-0.1, -0.05) is 34.8 Å². The fraction of sp³-hybridized carbons (Fsp3) is 0. The third-order valence-corrected chi connectivity index (χ3v) is 3.36. The third-order valence-electron chi connectivity index (χ3n) is 2.60. The van der Waals surface area contributed by atoms with Crippen LogP contribution in [-0.4, -0.2) is 10.9 Å². The van der Waals surface area contributed by atoms with E-state index in [9.17, 15) is 9.90 Å². The van der Waals surface area contributed by atoms with Gasteiger partial charge in [-0.2, -0.15) is 0 Å². The number of carbonyl (C=O) groups excluding carboxylic acids is 1. The molecule has 0 atom stereocenters. The van der Waals surface area contributed by atoms with E-state index in [2.05, 4.69) is 0 Å². The Morgan fingerprint density at radius 3 is 2.30 bits per heavy atom. The summed E-state index contributed by atoms with van der Waals surface area (Å²) in [7, 11) is 0. The van der Waals surface area contributed by atoms with Gasteiger partial charge in [0.2, 0.25) is 0 Å². The van der Waals surface area contributed by atoms with Gasteiger partial charge in [-0.15, -0.1) is 0 Å². The van der Waals surface area contributed by atoms with E-state index >= 15 is 0 Å². The molecule has 0 saturated heterocycles. The second kappa shape index (κ2) is 6.31. The Morgan fingerprint density at radius 1 is 1.00 bits per heavy atom. The maximum absolute atomic E-state index is 11.9. The van der Waals surface area contributed by atoms with Gasteiger partial charge in [0.15, 0.2) is 5.78 Å². The van der Waals surface area contributed by atoms with Crippen LogP contribution in [0.15, 0.2) is 42.5 Å². The fourth-order valence-corrected chi connectivity index (χ4v) is 2.22. The van der Waals surface area contributed by atoms with Crippen LogP contribution in [0.25, 0.3) is 6.08 Å². The number of aromatic hydroxyl groups is 1. The maximum atomic E-state index is 11.9. The zero-order valence-corrected chi connectivity index (χ0v) is 12.4. The minimum atomic E-state index is -0.211. The molecule has 0 spiro atoms.